The van der Waals surface area contributed by atoms with Crippen molar-refractivity contribution < 1.29 is 9.53 Å². The zero-order valence-corrected chi connectivity index (χ0v) is 13.6. The lowest BCUT2D eigenvalue weighted by molar-refractivity contribution is 0.0522. The normalized spacial score (nSPS) is 22.9. The van der Waals surface area contributed by atoms with E-state index >= 15 is 0 Å². The van der Waals surface area contributed by atoms with E-state index in [4.69, 9.17) is 4.74 Å². The van der Waals surface area contributed by atoms with Crippen LogP contribution in [0.5, 0.6) is 0 Å². The Morgan fingerprint density at radius 3 is 2.90 bits per heavy atom. The van der Waals surface area contributed by atoms with Crippen LogP contribution in [0.1, 0.15) is 65.1 Å². The molecule has 1 N–H and O–H groups in total. The van der Waals surface area contributed by atoms with Crippen LogP contribution in [0.3, 0.4) is 0 Å². The number of nitrogens with one attached hydrogen (secondary N) is 1. The molecule has 0 radical (unpaired) electrons. The number of carbonyl (C=O) groups is 1. The predicted molar refractivity (Wildman–Crippen MR) is 82.0 cm³/mol. The number of amides is 1. The van der Waals surface area contributed by atoms with E-state index in [1.54, 1.807) is 0 Å². The highest BCUT2D eigenvalue weighted by Gasteiger charge is 2.22. The van der Waals surface area contributed by atoms with Crippen molar-refractivity contribution in [3.63, 3.8) is 0 Å². The number of aromatic nitrogens is 2. The van der Waals surface area contributed by atoms with Crippen LogP contribution < -0.4 is 5.32 Å². The van der Waals surface area contributed by atoms with Gasteiger partial charge in [-0.3, -0.25) is 0 Å². The minimum Gasteiger partial charge on any atom is -0.444 e. The van der Waals surface area contributed by atoms with Crippen molar-refractivity contribution in [3.05, 3.63) is 18.2 Å². The Balaban J connectivity index is 1.93. The summed E-state index contributed by atoms with van der Waals surface area (Å²) < 4.78 is 7.47. The summed E-state index contributed by atoms with van der Waals surface area (Å²) in [5, 5.41) is 2.81. The first-order valence-corrected chi connectivity index (χ1v) is 7.82. The van der Waals surface area contributed by atoms with Crippen molar-refractivity contribution >= 4 is 6.09 Å². The fourth-order valence-electron chi connectivity index (χ4n) is 2.93. The van der Waals surface area contributed by atoms with Crippen molar-refractivity contribution in [3.8, 4) is 0 Å². The number of hydrogen-bond donors (Lipinski definition) is 1. The number of rotatable bonds is 3. The molecule has 0 spiro atoms. The highest BCUT2D eigenvalue weighted by molar-refractivity contribution is 5.67. The second-order valence-corrected chi connectivity index (χ2v) is 7.07. The van der Waals surface area contributed by atoms with Crippen molar-refractivity contribution in [1.29, 1.82) is 0 Å². The third-order valence-electron chi connectivity index (χ3n) is 3.86. The van der Waals surface area contributed by atoms with Crippen LogP contribution >= 0.6 is 0 Å². The predicted octanol–water partition coefficient (Wildman–Crippen LogP) is 3.66. The van der Waals surface area contributed by atoms with Gasteiger partial charge in [0.15, 0.2) is 0 Å². The lowest BCUT2D eigenvalue weighted by Crippen LogP contribution is -2.33. The van der Waals surface area contributed by atoms with Crippen LogP contribution in [-0.2, 0) is 11.3 Å². The molecule has 1 aliphatic carbocycles. The lowest BCUT2D eigenvalue weighted by atomic mass is 9.87. The summed E-state index contributed by atoms with van der Waals surface area (Å²) in [4.78, 5) is 16.0. The summed E-state index contributed by atoms with van der Waals surface area (Å²) >= 11 is 0. The van der Waals surface area contributed by atoms with Gasteiger partial charge < -0.3 is 14.6 Å². The van der Waals surface area contributed by atoms with Crippen LogP contribution in [0.15, 0.2) is 12.5 Å². The summed E-state index contributed by atoms with van der Waals surface area (Å²) in [6, 6.07) is 0.506. The molecule has 118 valence electrons. The third kappa shape index (κ3) is 4.76. The quantitative estimate of drug-likeness (QED) is 0.925. The second-order valence-electron chi connectivity index (χ2n) is 7.07. The maximum absolute atomic E-state index is 11.7. The van der Waals surface area contributed by atoms with Crippen molar-refractivity contribution in [2.24, 2.45) is 5.92 Å². The summed E-state index contributed by atoms with van der Waals surface area (Å²) in [6.07, 6.45) is 8.30. The van der Waals surface area contributed by atoms with E-state index in [0.717, 1.165) is 11.6 Å². The van der Waals surface area contributed by atoms with Gasteiger partial charge in [0.2, 0.25) is 0 Å². The van der Waals surface area contributed by atoms with Crippen LogP contribution in [0.4, 0.5) is 4.79 Å². The van der Waals surface area contributed by atoms with E-state index in [9.17, 15) is 4.79 Å². The van der Waals surface area contributed by atoms with Gasteiger partial charge in [0, 0.05) is 12.2 Å². The number of alkyl carbamates (subject to hydrolysis) is 1. The topological polar surface area (TPSA) is 56.2 Å². The standard InChI is InChI=1S/C16H27N3O2/c1-12-6-5-7-13(8-12)19-11-17-9-14(19)10-18-15(20)21-16(2,3)4/h9,11-13H,5-8,10H2,1-4H3,(H,18,20). The average molecular weight is 293 g/mol. The Labute approximate surface area is 127 Å². The highest BCUT2D eigenvalue weighted by Crippen LogP contribution is 2.32. The monoisotopic (exact) mass is 293 g/mol. The lowest BCUT2D eigenvalue weighted by Gasteiger charge is -2.29. The van der Waals surface area contributed by atoms with Gasteiger partial charge in [-0.1, -0.05) is 19.8 Å². The molecule has 5 heteroatoms. The Morgan fingerprint density at radius 1 is 1.48 bits per heavy atom. The van der Waals surface area contributed by atoms with Crippen molar-refractivity contribution in [2.75, 3.05) is 0 Å². The van der Waals surface area contributed by atoms with E-state index in [1.807, 2.05) is 33.3 Å². The first-order chi connectivity index (χ1) is 9.85. The smallest absolute Gasteiger partial charge is 0.407 e. The maximum Gasteiger partial charge on any atom is 0.407 e. The Hall–Kier alpha value is -1.52. The average Bonchev–Trinajstić information content (AvgIpc) is 2.82. The molecule has 1 aliphatic rings. The molecule has 2 unspecified atom stereocenters. The molecule has 2 rings (SSSR count). The molecule has 1 amide bonds. The van der Waals surface area contributed by atoms with Gasteiger partial charge >= 0.3 is 6.09 Å². The molecule has 0 bridgehead atoms. The van der Waals surface area contributed by atoms with Gasteiger partial charge in [0.05, 0.1) is 18.6 Å². The Kier molecular flexibility index (Phi) is 4.91. The molecule has 0 aliphatic heterocycles. The Bertz CT molecular complexity index is 476. The van der Waals surface area contributed by atoms with Crippen molar-refractivity contribution in [2.45, 2.75) is 71.6 Å². The third-order valence-corrected chi connectivity index (χ3v) is 3.86. The molecular weight excluding hydrogens is 266 g/mol. The number of hydrogen-bond acceptors (Lipinski definition) is 3. The molecule has 1 heterocycles. The molecule has 0 aromatic carbocycles. The van der Waals surface area contributed by atoms with Gasteiger partial charge in [-0.25, -0.2) is 9.78 Å². The van der Waals surface area contributed by atoms with Crippen LogP contribution in [-0.4, -0.2) is 21.2 Å². The Morgan fingerprint density at radius 2 is 2.24 bits per heavy atom. The second kappa shape index (κ2) is 6.50. The molecule has 1 aromatic rings. The fourth-order valence-corrected chi connectivity index (χ4v) is 2.93. The summed E-state index contributed by atoms with van der Waals surface area (Å²) in [5.41, 5.74) is 0.573. The van der Waals surface area contributed by atoms with E-state index < -0.39 is 5.60 Å². The van der Waals surface area contributed by atoms with Crippen LogP contribution in [0, 0.1) is 5.92 Å². The summed E-state index contributed by atoms with van der Waals surface area (Å²) in [7, 11) is 0. The largest absolute Gasteiger partial charge is 0.444 e. The van der Waals surface area contributed by atoms with Crippen LogP contribution in [0.2, 0.25) is 0 Å². The fraction of sp³-hybridized carbons (Fsp3) is 0.750. The molecular formula is C16H27N3O2. The van der Waals surface area contributed by atoms with Gasteiger partial charge in [-0.2, -0.15) is 0 Å². The number of imidazole rings is 1. The van der Waals surface area contributed by atoms with Gasteiger partial charge in [-0.05, 0) is 39.5 Å². The molecule has 0 saturated heterocycles. The van der Waals surface area contributed by atoms with Gasteiger partial charge in [0.25, 0.3) is 0 Å². The van der Waals surface area contributed by atoms with Crippen molar-refractivity contribution in [1.82, 2.24) is 14.9 Å². The first kappa shape index (κ1) is 15.9. The summed E-state index contributed by atoms with van der Waals surface area (Å²) in [6.45, 7) is 8.35. The van der Waals surface area contributed by atoms with E-state index in [1.165, 1.54) is 25.7 Å². The number of carbonyl (C=O) groups excluding carboxylic acids is 1. The first-order valence-electron chi connectivity index (χ1n) is 7.82. The zero-order valence-electron chi connectivity index (χ0n) is 13.6. The number of ether oxygens (including phenoxy) is 1. The minimum atomic E-state index is -0.469. The van der Waals surface area contributed by atoms with Gasteiger partial charge in [-0.15, -0.1) is 0 Å². The molecule has 21 heavy (non-hydrogen) atoms. The number of nitrogens with zero attached hydrogens (tertiary/aromatic N) is 2. The maximum atomic E-state index is 11.7. The molecule has 5 nitrogen and oxygen atoms in total. The molecule has 1 saturated carbocycles. The minimum absolute atomic E-state index is 0.382. The molecule has 1 aromatic heterocycles. The van der Waals surface area contributed by atoms with E-state index in [2.05, 4.69) is 21.8 Å². The van der Waals surface area contributed by atoms with Crippen LogP contribution in [0.25, 0.3) is 0 Å². The zero-order chi connectivity index (χ0) is 15.5. The van der Waals surface area contributed by atoms with Gasteiger partial charge in [0.1, 0.15) is 5.60 Å². The molecule has 2 atom stereocenters. The SMILES string of the molecule is CC1CCCC(n2cncc2CNC(=O)OC(C)(C)C)C1. The van der Waals surface area contributed by atoms with E-state index in [0.29, 0.717) is 12.6 Å². The molecule has 1 fully saturated rings. The summed E-state index contributed by atoms with van der Waals surface area (Å²) in [5.74, 6) is 0.762. The highest BCUT2D eigenvalue weighted by atomic mass is 16.6. The van der Waals surface area contributed by atoms with E-state index in [-0.39, 0.29) is 6.09 Å².